The third-order valence-corrected chi connectivity index (χ3v) is 3.76. The van der Waals surface area contributed by atoms with Crippen molar-refractivity contribution >= 4 is 29.7 Å². The maximum absolute atomic E-state index is 12.2. The molecule has 0 spiro atoms. The van der Waals surface area contributed by atoms with Gasteiger partial charge < -0.3 is 20.5 Å². The third-order valence-electron chi connectivity index (χ3n) is 2.95. The second-order valence-electron chi connectivity index (χ2n) is 6.16. The lowest BCUT2D eigenvalue weighted by atomic mass is 10.2. The minimum atomic E-state index is -1.24. The van der Waals surface area contributed by atoms with Crippen LogP contribution in [0, 0.1) is 0 Å². The number of ether oxygens (including phenoxy) is 1. The number of nitrogens with one attached hydrogen (secondary N) is 2. The van der Waals surface area contributed by atoms with E-state index >= 15 is 0 Å². The van der Waals surface area contributed by atoms with Crippen LogP contribution in [0.25, 0.3) is 0 Å². The van der Waals surface area contributed by atoms with E-state index < -0.39 is 23.6 Å². The summed E-state index contributed by atoms with van der Waals surface area (Å²) in [5.74, 6) is -1.89. The Hall–Kier alpha value is -2.55. The van der Waals surface area contributed by atoms with Crippen LogP contribution in [0.4, 0.5) is 4.79 Å². The zero-order chi connectivity index (χ0) is 19.9. The maximum Gasteiger partial charge on any atom is 0.407 e. The van der Waals surface area contributed by atoms with Gasteiger partial charge in [-0.3, -0.25) is 4.79 Å². The predicted molar refractivity (Wildman–Crippen MR) is 98.0 cm³/mol. The molecule has 0 saturated carbocycles. The second-order valence-corrected chi connectivity index (χ2v) is 7.01. The molecule has 0 saturated heterocycles. The number of thioether (sulfide) groups is 1. The van der Waals surface area contributed by atoms with Crippen molar-refractivity contribution < 1.29 is 24.2 Å². The number of pyridine rings is 1. The minimum absolute atomic E-state index is 0.0457. The van der Waals surface area contributed by atoms with E-state index in [0.29, 0.717) is 5.69 Å². The number of carboxylic acids is 1. The first-order valence-electron chi connectivity index (χ1n) is 7.79. The van der Waals surface area contributed by atoms with Crippen LogP contribution in [-0.2, 0) is 16.1 Å². The fourth-order valence-corrected chi connectivity index (χ4v) is 2.39. The van der Waals surface area contributed by atoms with Crippen molar-refractivity contribution in [3.05, 3.63) is 35.3 Å². The SMILES string of the molecule is C/C=C(/NC(=O)c1ccc(SC)c(CNC(=O)OC(C)(C)C)n1)C(=O)O. The molecule has 1 rings (SSSR count). The number of carbonyl (C=O) groups excluding carboxylic acids is 2. The Kier molecular flexibility index (Phi) is 7.63. The van der Waals surface area contributed by atoms with Gasteiger partial charge in [0.05, 0.1) is 12.2 Å². The van der Waals surface area contributed by atoms with Crippen LogP contribution in [0.1, 0.15) is 43.9 Å². The molecule has 2 amide bonds. The molecule has 0 fully saturated rings. The number of carbonyl (C=O) groups is 3. The number of aromatic nitrogens is 1. The largest absolute Gasteiger partial charge is 0.477 e. The summed E-state index contributed by atoms with van der Waals surface area (Å²) in [4.78, 5) is 40.0. The van der Waals surface area contributed by atoms with Crippen LogP contribution in [0.2, 0.25) is 0 Å². The minimum Gasteiger partial charge on any atom is -0.477 e. The molecule has 0 aromatic carbocycles. The van der Waals surface area contributed by atoms with Gasteiger partial charge in [0, 0.05) is 4.90 Å². The first kappa shape index (κ1) is 21.5. The Morgan fingerprint density at radius 2 is 1.96 bits per heavy atom. The maximum atomic E-state index is 12.2. The number of carboxylic acid groups (broad SMARTS) is 1. The van der Waals surface area contributed by atoms with E-state index in [0.717, 1.165) is 4.90 Å². The highest BCUT2D eigenvalue weighted by atomic mass is 32.2. The standard InChI is InChI=1S/C17H23N3O5S/c1-6-10(15(22)23)20-14(21)11-7-8-13(26-5)12(19-11)9-18-16(24)25-17(2,3)4/h6-8H,9H2,1-5H3,(H,18,24)(H,20,21)(H,22,23)/b10-6+. The van der Waals surface area contributed by atoms with Crippen LogP contribution in [0.5, 0.6) is 0 Å². The number of alkyl carbamates (subject to hydrolysis) is 1. The summed E-state index contributed by atoms with van der Waals surface area (Å²) in [6.07, 6.45) is 2.53. The van der Waals surface area contributed by atoms with Gasteiger partial charge in [-0.1, -0.05) is 6.08 Å². The molecule has 1 aromatic heterocycles. The van der Waals surface area contributed by atoms with Crippen LogP contribution >= 0.6 is 11.8 Å². The molecule has 1 heterocycles. The molecule has 0 radical (unpaired) electrons. The van der Waals surface area contributed by atoms with Crippen molar-refractivity contribution in [1.29, 1.82) is 0 Å². The van der Waals surface area contributed by atoms with Crippen molar-refractivity contribution in [3.8, 4) is 0 Å². The molecule has 0 bridgehead atoms. The van der Waals surface area contributed by atoms with E-state index in [1.165, 1.54) is 30.8 Å². The number of hydrogen-bond acceptors (Lipinski definition) is 6. The number of rotatable bonds is 6. The first-order valence-corrected chi connectivity index (χ1v) is 9.01. The molecular weight excluding hydrogens is 358 g/mol. The predicted octanol–water partition coefficient (Wildman–Crippen LogP) is 2.55. The van der Waals surface area contributed by atoms with Crippen LogP contribution in [-0.4, -0.2) is 39.9 Å². The van der Waals surface area contributed by atoms with Crippen molar-refractivity contribution in [2.24, 2.45) is 0 Å². The van der Waals surface area contributed by atoms with Gasteiger partial charge in [-0.05, 0) is 46.1 Å². The van der Waals surface area contributed by atoms with Crippen molar-refractivity contribution in [1.82, 2.24) is 15.6 Å². The number of amides is 2. The monoisotopic (exact) mass is 381 g/mol. The van der Waals surface area contributed by atoms with Gasteiger partial charge in [0.1, 0.15) is 17.0 Å². The van der Waals surface area contributed by atoms with Crippen LogP contribution in [0.15, 0.2) is 28.8 Å². The summed E-state index contributed by atoms with van der Waals surface area (Å²) in [5, 5.41) is 13.9. The number of nitrogens with zero attached hydrogens (tertiary/aromatic N) is 1. The summed E-state index contributed by atoms with van der Waals surface area (Å²) in [6.45, 7) is 6.84. The lowest BCUT2D eigenvalue weighted by Gasteiger charge is -2.20. The van der Waals surface area contributed by atoms with Crippen molar-refractivity contribution in [2.75, 3.05) is 6.26 Å². The van der Waals surface area contributed by atoms with Gasteiger partial charge in [-0.2, -0.15) is 0 Å². The summed E-state index contributed by atoms with van der Waals surface area (Å²) < 4.78 is 5.17. The average molecular weight is 381 g/mol. The van der Waals surface area contributed by atoms with E-state index in [9.17, 15) is 14.4 Å². The number of allylic oxidation sites excluding steroid dienone is 1. The Morgan fingerprint density at radius 1 is 1.31 bits per heavy atom. The number of aliphatic carboxylic acids is 1. The zero-order valence-corrected chi connectivity index (χ0v) is 16.2. The summed E-state index contributed by atoms with van der Waals surface area (Å²) in [5.41, 5.74) is -0.335. The van der Waals surface area contributed by atoms with E-state index in [2.05, 4.69) is 15.6 Å². The normalized spacial score (nSPS) is 11.7. The molecule has 8 nitrogen and oxygen atoms in total. The Labute approximate surface area is 156 Å². The molecule has 26 heavy (non-hydrogen) atoms. The Bertz CT molecular complexity index is 726. The molecule has 3 N–H and O–H groups in total. The van der Waals surface area contributed by atoms with Gasteiger partial charge in [-0.15, -0.1) is 11.8 Å². The molecule has 0 aliphatic carbocycles. The molecule has 0 aliphatic rings. The third kappa shape index (κ3) is 6.75. The molecule has 1 aromatic rings. The topological polar surface area (TPSA) is 118 Å². The summed E-state index contributed by atoms with van der Waals surface area (Å²) in [7, 11) is 0. The fraction of sp³-hybridized carbons (Fsp3) is 0.412. The lowest BCUT2D eigenvalue weighted by Crippen LogP contribution is -2.33. The first-order chi connectivity index (χ1) is 12.1. The Balaban J connectivity index is 2.92. The highest BCUT2D eigenvalue weighted by molar-refractivity contribution is 7.98. The van der Waals surface area contributed by atoms with Crippen LogP contribution in [0.3, 0.4) is 0 Å². The summed E-state index contributed by atoms with van der Waals surface area (Å²) in [6, 6.07) is 3.18. The molecule has 9 heteroatoms. The quantitative estimate of drug-likeness (QED) is 0.512. The van der Waals surface area contributed by atoms with Gasteiger partial charge in [0.15, 0.2) is 0 Å². The molecule has 142 valence electrons. The Morgan fingerprint density at radius 3 is 2.46 bits per heavy atom. The average Bonchev–Trinajstić information content (AvgIpc) is 2.55. The van der Waals surface area contributed by atoms with Gasteiger partial charge in [-0.25, -0.2) is 14.6 Å². The highest BCUT2D eigenvalue weighted by Gasteiger charge is 2.18. The zero-order valence-electron chi connectivity index (χ0n) is 15.4. The van der Waals surface area contributed by atoms with Crippen molar-refractivity contribution in [3.63, 3.8) is 0 Å². The smallest absolute Gasteiger partial charge is 0.407 e. The van der Waals surface area contributed by atoms with E-state index in [1.54, 1.807) is 26.8 Å². The van der Waals surface area contributed by atoms with E-state index in [4.69, 9.17) is 9.84 Å². The molecule has 0 atom stereocenters. The van der Waals surface area contributed by atoms with E-state index in [-0.39, 0.29) is 17.9 Å². The lowest BCUT2D eigenvalue weighted by molar-refractivity contribution is -0.133. The molecule has 0 unspecified atom stereocenters. The van der Waals surface area contributed by atoms with E-state index in [1.807, 2.05) is 6.26 Å². The van der Waals surface area contributed by atoms with Gasteiger partial charge in [0.2, 0.25) is 0 Å². The number of hydrogen-bond donors (Lipinski definition) is 3. The molecule has 0 aliphatic heterocycles. The fourth-order valence-electron chi connectivity index (χ4n) is 1.83. The highest BCUT2D eigenvalue weighted by Crippen LogP contribution is 2.19. The van der Waals surface area contributed by atoms with Crippen molar-refractivity contribution in [2.45, 2.75) is 44.7 Å². The van der Waals surface area contributed by atoms with Gasteiger partial charge >= 0.3 is 12.1 Å². The molecular formula is C17H23N3O5S. The van der Waals surface area contributed by atoms with Gasteiger partial charge in [0.25, 0.3) is 5.91 Å². The second kappa shape index (κ2) is 9.23. The summed E-state index contributed by atoms with van der Waals surface area (Å²) >= 11 is 1.41. The van der Waals surface area contributed by atoms with Crippen LogP contribution < -0.4 is 10.6 Å².